The maximum absolute atomic E-state index is 14.3. The number of hydrogen-bond acceptors (Lipinski definition) is 3. The molecule has 0 fully saturated rings. The Bertz CT molecular complexity index is 780. The van der Waals surface area contributed by atoms with Crippen LogP contribution in [0.3, 0.4) is 0 Å². The van der Waals surface area contributed by atoms with E-state index in [1.807, 2.05) is 0 Å². The van der Waals surface area contributed by atoms with Crippen LogP contribution in [0.15, 0.2) is 42.5 Å². The highest BCUT2D eigenvalue weighted by Crippen LogP contribution is 2.30. The lowest BCUT2D eigenvalue weighted by atomic mass is 10.2. The number of hydrogen-bond donors (Lipinski definition) is 1. The number of nitrogens with zero attached hydrogens (tertiary/aromatic N) is 1. The van der Waals surface area contributed by atoms with Gasteiger partial charge in [0.05, 0.1) is 18.0 Å². The highest BCUT2D eigenvalue weighted by atomic mass is 32.2. The second-order valence-electron chi connectivity index (χ2n) is 5.10. The van der Waals surface area contributed by atoms with E-state index in [2.05, 4.69) is 0 Å². The van der Waals surface area contributed by atoms with Gasteiger partial charge < -0.3 is 5.73 Å². The molecule has 7 heteroatoms. The molecule has 23 heavy (non-hydrogen) atoms. The van der Waals surface area contributed by atoms with Gasteiger partial charge in [-0.25, -0.2) is 17.2 Å². The molecule has 0 atom stereocenters. The summed E-state index contributed by atoms with van der Waals surface area (Å²) in [5.74, 6) is -2.13. The molecule has 0 spiro atoms. The molecule has 2 aromatic carbocycles. The first-order valence-electron chi connectivity index (χ1n) is 7.14. The van der Waals surface area contributed by atoms with Crippen molar-refractivity contribution >= 4 is 21.4 Å². The number of sulfonamides is 1. The highest BCUT2D eigenvalue weighted by molar-refractivity contribution is 7.92. The molecule has 2 rings (SSSR count). The van der Waals surface area contributed by atoms with Crippen LogP contribution in [0.25, 0.3) is 0 Å². The van der Waals surface area contributed by atoms with Crippen LogP contribution in [0, 0.1) is 11.6 Å². The van der Waals surface area contributed by atoms with Crippen LogP contribution >= 0.6 is 0 Å². The third kappa shape index (κ3) is 3.79. The van der Waals surface area contributed by atoms with E-state index in [1.54, 1.807) is 37.3 Å². The van der Waals surface area contributed by atoms with Crippen LogP contribution in [0.1, 0.15) is 18.9 Å². The van der Waals surface area contributed by atoms with Crippen molar-refractivity contribution in [1.29, 1.82) is 0 Å². The van der Waals surface area contributed by atoms with Gasteiger partial charge in [0.1, 0.15) is 11.5 Å². The molecule has 4 nitrogen and oxygen atoms in total. The van der Waals surface area contributed by atoms with E-state index in [0.29, 0.717) is 12.0 Å². The van der Waals surface area contributed by atoms with E-state index in [9.17, 15) is 17.2 Å². The summed E-state index contributed by atoms with van der Waals surface area (Å²) in [6, 6.07) is 10.8. The molecule has 0 amide bonds. The molecule has 0 aliphatic rings. The molecule has 0 saturated heterocycles. The number of halogens is 2. The first kappa shape index (κ1) is 17.2. The van der Waals surface area contributed by atoms with Crippen molar-refractivity contribution in [3.63, 3.8) is 0 Å². The van der Waals surface area contributed by atoms with Crippen molar-refractivity contribution < 1.29 is 17.2 Å². The van der Waals surface area contributed by atoms with Crippen molar-refractivity contribution in [2.24, 2.45) is 0 Å². The Morgan fingerprint density at radius 3 is 2.35 bits per heavy atom. The summed E-state index contributed by atoms with van der Waals surface area (Å²) in [5, 5.41) is 0. The minimum Gasteiger partial charge on any atom is -0.394 e. The largest absolute Gasteiger partial charge is 0.394 e. The number of anilines is 2. The van der Waals surface area contributed by atoms with Gasteiger partial charge in [-0.3, -0.25) is 4.31 Å². The fourth-order valence-corrected chi connectivity index (χ4v) is 3.72. The minimum atomic E-state index is -3.76. The molecule has 0 unspecified atom stereocenters. The molecule has 124 valence electrons. The molecular weight excluding hydrogens is 322 g/mol. The van der Waals surface area contributed by atoms with Crippen LogP contribution in [0.4, 0.5) is 20.2 Å². The average molecular weight is 340 g/mol. The van der Waals surface area contributed by atoms with E-state index in [0.717, 1.165) is 16.4 Å². The van der Waals surface area contributed by atoms with E-state index >= 15 is 0 Å². The van der Waals surface area contributed by atoms with Gasteiger partial charge in [0.15, 0.2) is 5.82 Å². The van der Waals surface area contributed by atoms with Gasteiger partial charge in [0.2, 0.25) is 10.0 Å². The lowest BCUT2D eigenvalue weighted by Crippen LogP contribution is -2.33. The van der Waals surface area contributed by atoms with Gasteiger partial charge in [0.25, 0.3) is 0 Å². The fraction of sp³-hybridized carbons (Fsp3) is 0.250. The lowest BCUT2D eigenvalue weighted by molar-refractivity contribution is 0.577. The number of rotatable bonds is 6. The normalized spacial score (nSPS) is 11.4. The first-order chi connectivity index (χ1) is 10.9. The smallest absolute Gasteiger partial charge is 0.235 e. The molecule has 0 radical (unpaired) electrons. The molecule has 0 aromatic heterocycles. The third-order valence-corrected chi connectivity index (χ3v) is 5.26. The second-order valence-corrected chi connectivity index (χ2v) is 7.12. The van der Waals surface area contributed by atoms with E-state index in [-0.39, 0.29) is 18.0 Å². The summed E-state index contributed by atoms with van der Waals surface area (Å²) in [6.07, 6.45) is 0.381. The molecule has 2 aromatic rings. The summed E-state index contributed by atoms with van der Waals surface area (Å²) in [4.78, 5) is 0. The van der Waals surface area contributed by atoms with Gasteiger partial charge in [-0.2, -0.15) is 0 Å². The zero-order valence-electron chi connectivity index (χ0n) is 12.7. The summed E-state index contributed by atoms with van der Waals surface area (Å²) >= 11 is 0. The quantitative estimate of drug-likeness (QED) is 0.821. The number of nitrogens with two attached hydrogens (primary N) is 1. The van der Waals surface area contributed by atoms with Gasteiger partial charge >= 0.3 is 0 Å². The van der Waals surface area contributed by atoms with Crippen LogP contribution in [0.2, 0.25) is 0 Å². The third-order valence-electron chi connectivity index (χ3n) is 3.34. The zero-order chi connectivity index (χ0) is 17.0. The Labute approximate surface area is 134 Å². The fourth-order valence-electron chi connectivity index (χ4n) is 2.20. The Kier molecular flexibility index (Phi) is 5.20. The molecule has 0 heterocycles. The Morgan fingerprint density at radius 2 is 1.74 bits per heavy atom. The summed E-state index contributed by atoms with van der Waals surface area (Å²) in [5.41, 5.74) is 5.11. The van der Waals surface area contributed by atoms with Crippen LogP contribution in [-0.4, -0.2) is 14.2 Å². The van der Waals surface area contributed by atoms with Crippen LogP contribution < -0.4 is 10.0 Å². The van der Waals surface area contributed by atoms with Crippen molar-refractivity contribution in [2.45, 2.75) is 19.9 Å². The van der Waals surface area contributed by atoms with Gasteiger partial charge in [0, 0.05) is 0 Å². The van der Waals surface area contributed by atoms with Gasteiger partial charge in [-0.05, 0) is 24.1 Å². The standard InChI is InChI=1S/C16H18F2N2O2S/c1-2-10-23(21,22)20(11-12-6-4-3-5-7-12)14-9-8-13(17)16(19)15(14)18/h3-9H,2,10-11,19H2,1H3. The zero-order valence-corrected chi connectivity index (χ0v) is 13.5. The topological polar surface area (TPSA) is 63.4 Å². The number of benzene rings is 2. The monoisotopic (exact) mass is 340 g/mol. The minimum absolute atomic E-state index is 0.0504. The number of nitrogen functional groups attached to an aromatic ring is 1. The van der Waals surface area contributed by atoms with Crippen molar-refractivity contribution in [2.75, 3.05) is 15.8 Å². The molecule has 0 saturated carbocycles. The van der Waals surface area contributed by atoms with Crippen molar-refractivity contribution in [1.82, 2.24) is 0 Å². The van der Waals surface area contributed by atoms with Gasteiger partial charge in [-0.15, -0.1) is 0 Å². The first-order valence-corrected chi connectivity index (χ1v) is 8.75. The van der Waals surface area contributed by atoms with Crippen molar-refractivity contribution in [3.05, 3.63) is 59.7 Å². The Balaban J connectivity index is 2.52. The maximum Gasteiger partial charge on any atom is 0.235 e. The maximum atomic E-state index is 14.3. The predicted octanol–water partition coefficient (Wildman–Crippen LogP) is 3.29. The second kappa shape index (κ2) is 6.95. The van der Waals surface area contributed by atoms with E-state index < -0.39 is 27.3 Å². The molecule has 0 aliphatic carbocycles. The van der Waals surface area contributed by atoms with Crippen LogP contribution in [-0.2, 0) is 16.6 Å². The summed E-state index contributed by atoms with van der Waals surface area (Å²) in [7, 11) is -3.76. The Morgan fingerprint density at radius 1 is 1.09 bits per heavy atom. The predicted molar refractivity (Wildman–Crippen MR) is 87.5 cm³/mol. The highest BCUT2D eigenvalue weighted by Gasteiger charge is 2.26. The Hall–Kier alpha value is -2.15. The average Bonchev–Trinajstić information content (AvgIpc) is 2.52. The molecular formula is C16H18F2N2O2S. The summed E-state index contributed by atoms with van der Waals surface area (Å²) < 4.78 is 53.6. The van der Waals surface area contributed by atoms with Crippen molar-refractivity contribution in [3.8, 4) is 0 Å². The summed E-state index contributed by atoms with van der Waals surface area (Å²) in [6.45, 7) is 1.67. The van der Waals surface area contributed by atoms with Crippen LogP contribution in [0.5, 0.6) is 0 Å². The molecule has 0 aliphatic heterocycles. The molecule has 2 N–H and O–H groups in total. The van der Waals surface area contributed by atoms with Gasteiger partial charge in [-0.1, -0.05) is 37.3 Å². The van der Waals surface area contributed by atoms with E-state index in [1.165, 1.54) is 0 Å². The molecule has 0 bridgehead atoms. The SMILES string of the molecule is CCCS(=O)(=O)N(Cc1ccccc1)c1ccc(F)c(N)c1F. The van der Waals surface area contributed by atoms with E-state index in [4.69, 9.17) is 5.73 Å². The lowest BCUT2D eigenvalue weighted by Gasteiger charge is -2.25.